The van der Waals surface area contributed by atoms with Crippen LogP contribution in [0.2, 0.25) is 5.02 Å². The molecule has 0 radical (unpaired) electrons. The molecular formula is C17H11ClFN3O2S. The normalized spacial score (nSPS) is 10.6. The van der Waals surface area contributed by atoms with Crippen LogP contribution < -0.4 is 0 Å². The number of aromatic nitrogens is 2. The lowest BCUT2D eigenvalue weighted by atomic mass is 10.1. The summed E-state index contributed by atoms with van der Waals surface area (Å²) in [5.74, 6) is -0.00712. The third-order valence-electron chi connectivity index (χ3n) is 3.44. The zero-order valence-electron chi connectivity index (χ0n) is 12.7. The van der Waals surface area contributed by atoms with Crippen LogP contribution in [0.25, 0.3) is 11.3 Å². The molecule has 0 spiro atoms. The lowest BCUT2D eigenvalue weighted by Crippen LogP contribution is -1.93. The van der Waals surface area contributed by atoms with Gasteiger partial charge in [0.05, 0.1) is 10.6 Å². The van der Waals surface area contributed by atoms with Crippen LogP contribution >= 0.6 is 23.4 Å². The average Bonchev–Trinajstić information content (AvgIpc) is 2.62. The summed E-state index contributed by atoms with van der Waals surface area (Å²) in [6.45, 7) is 0. The highest BCUT2D eigenvalue weighted by Crippen LogP contribution is 2.28. The number of nitro groups is 1. The quantitative estimate of drug-likeness (QED) is 0.351. The molecule has 0 bridgehead atoms. The zero-order valence-corrected chi connectivity index (χ0v) is 14.3. The van der Waals surface area contributed by atoms with Crippen molar-refractivity contribution in [3.8, 4) is 11.3 Å². The summed E-state index contributed by atoms with van der Waals surface area (Å²) in [5, 5.41) is 19.9. The zero-order chi connectivity index (χ0) is 17.8. The first-order valence-electron chi connectivity index (χ1n) is 7.19. The summed E-state index contributed by atoms with van der Waals surface area (Å²) in [4.78, 5) is 10.2. The van der Waals surface area contributed by atoms with E-state index in [-0.39, 0.29) is 11.5 Å². The molecule has 0 amide bonds. The highest BCUT2D eigenvalue weighted by Gasteiger charge is 2.09. The van der Waals surface area contributed by atoms with E-state index in [0.717, 1.165) is 5.56 Å². The third-order valence-corrected chi connectivity index (χ3v) is 4.74. The summed E-state index contributed by atoms with van der Waals surface area (Å²) >= 11 is 7.32. The topological polar surface area (TPSA) is 68.9 Å². The van der Waals surface area contributed by atoms with Gasteiger partial charge in [-0.05, 0) is 36.4 Å². The van der Waals surface area contributed by atoms with Crippen LogP contribution in [0.5, 0.6) is 0 Å². The molecule has 0 saturated heterocycles. The second kappa shape index (κ2) is 7.58. The van der Waals surface area contributed by atoms with Crippen molar-refractivity contribution in [2.45, 2.75) is 10.8 Å². The highest BCUT2D eigenvalue weighted by molar-refractivity contribution is 7.98. The first kappa shape index (κ1) is 17.3. The predicted molar refractivity (Wildman–Crippen MR) is 95.1 cm³/mol. The van der Waals surface area contributed by atoms with Crippen molar-refractivity contribution in [1.29, 1.82) is 0 Å². The maximum Gasteiger partial charge on any atom is 0.269 e. The molecule has 8 heteroatoms. The van der Waals surface area contributed by atoms with E-state index in [1.165, 1.54) is 30.0 Å². The molecule has 2 aromatic carbocycles. The number of nitro benzene ring substituents is 1. The molecule has 1 aromatic heterocycles. The maximum absolute atomic E-state index is 13.7. The Balaban J connectivity index is 1.71. The SMILES string of the molecule is O=[N+]([O-])c1ccc(-c2ccc(SCc3c(F)cccc3Cl)nn2)cc1. The smallest absolute Gasteiger partial charge is 0.258 e. The minimum Gasteiger partial charge on any atom is -0.258 e. The Morgan fingerprint density at radius 1 is 1.08 bits per heavy atom. The molecule has 0 aliphatic carbocycles. The predicted octanol–water partition coefficient (Wildman–Crippen LogP) is 5.14. The summed E-state index contributed by atoms with van der Waals surface area (Å²) in [6, 6.07) is 14.2. The van der Waals surface area contributed by atoms with Crippen molar-refractivity contribution in [1.82, 2.24) is 10.2 Å². The van der Waals surface area contributed by atoms with Crippen molar-refractivity contribution in [3.05, 3.63) is 81.1 Å². The fourth-order valence-corrected chi connectivity index (χ4v) is 3.28. The van der Waals surface area contributed by atoms with Gasteiger partial charge in [-0.3, -0.25) is 10.1 Å². The van der Waals surface area contributed by atoms with Crippen molar-refractivity contribution >= 4 is 29.1 Å². The monoisotopic (exact) mass is 375 g/mol. The second-order valence-electron chi connectivity index (χ2n) is 5.05. The first-order chi connectivity index (χ1) is 12.0. The number of non-ortho nitro benzene ring substituents is 1. The Kier molecular flexibility index (Phi) is 5.25. The summed E-state index contributed by atoms with van der Waals surface area (Å²) in [7, 11) is 0. The van der Waals surface area contributed by atoms with Crippen molar-refractivity contribution < 1.29 is 9.31 Å². The number of hydrogen-bond donors (Lipinski definition) is 0. The van der Waals surface area contributed by atoms with Crippen molar-refractivity contribution in [3.63, 3.8) is 0 Å². The van der Waals surface area contributed by atoms with Gasteiger partial charge >= 0.3 is 0 Å². The van der Waals surface area contributed by atoms with Gasteiger partial charge in [-0.2, -0.15) is 0 Å². The summed E-state index contributed by atoms with van der Waals surface area (Å²) in [5.41, 5.74) is 1.77. The molecule has 0 atom stereocenters. The van der Waals surface area contributed by atoms with E-state index < -0.39 is 4.92 Å². The number of benzene rings is 2. The van der Waals surface area contributed by atoms with Crippen molar-refractivity contribution in [2.75, 3.05) is 0 Å². The third kappa shape index (κ3) is 4.12. The van der Waals surface area contributed by atoms with Crippen LogP contribution in [0, 0.1) is 15.9 Å². The van der Waals surface area contributed by atoms with Crippen LogP contribution in [-0.2, 0) is 5.75 Å². The van der Waals surface area contributed by atoms with E-state index in [1.54, 1.807) is 36.4 Å². The lowest BCUT2D eigenvalue weighted by Gasteiger charge is -2.05. The number of hydrogen-bond acceptors (Lipinski definition) is 5. The van der Waals surface area contributed by atoms with E-state index >= 15 is 0 Å². The van der Waals surface area contributed by atoms with Gasteiger partial charge in [0.2, 0.25) is 0 Å². The fraction of sp³-hybridized carbons (Fsp3) is 0.0588. The molecule has 126 valence electrons. The molecular weight excluding hydrogens is 365 g/mol. The number of thioether (sulfide) groups is 1. The van der Waals surface area contributed by atoms with E-state index in [1.807, 2.05) is 0 Å². The molecule has 1 heterocycles. The summed E-state index contributed by atoms with van der Waals surface area (Å²) < 4.78 is 13.7. The first-order valence-corrected chi connectivity index (χ1v) is 8.55. The molecule has 25 heavy (non-hydrogen) atoms. The van der Waals surface area contributed by atoms with Gasteiger partial charge < -0.3 is 0 Å². The number of rotatable bonds is 5. The van der Waals surface area contributed by atoms with Gasteiger partial charge in [0.25, 0.3) is 5.69 Å². The van der Waals surface area contributed by atoms with E-state index in [2.05, 4.69) is 10.2 Å². The lowest BCUT2D eigenvalue weighted by molar-refractivity contribution is -0.384. The largest absolute Gasteiger partial charge is 0.269 e. The van der Waals surface area contributed by atoms with E-state index in [4.69, 9.17) is 11.6 Å². The minimum absolute atomic E-state index is 0.0191. The Bertz CT molecular complexity index is 885. The molecule has 5 nitrogen and oxygen atoms in total. The maximum atomic E-state index is 13.7. The average molecular weight is 376 g/mol. The number of halogens is 2. The van der Waals surface area contributed by atoms with Gasteiger partial charge in [-0.25, -0.2) is 4.39 Å². The van der Waals surface area contributed by atoms with Gasteiger partial charge in [0.1, 0.15) is 10.8 Å². The molecule has 0 fully saturated rings. The molecule has 0 aliphatic rings. The van der Waals surface area contributed by atoms with Crippen molar-refractivity contribution in [2.24, 2.45) is 0 Å². The molecule has 0 unspecified atom stereocenters. The molecule has 0 aliphatic heterocycles. The van der Waals surface area contributed by atoms with E-state index in [9.17, 15) is 14.5 Å². The molecule has 0 N–H and O–H groups in total. The van der Waals surface area contributed by atoms with Crippen LogP contribution in [0.3, 0.4) is 0 Å². The van der Waals surface area contributed by atoms with E-state index in [0.29, 0.717) is 27.1 Å². The minimum atomic E-state index is -0.455. The molecule has 3 rings (SSSR count). The Morgan fingerprint density at radius 3 is 2.44 bits per heavy atom. The standard InChI is InChI=1S/C17H11ClFN3O2S/c18-14-2-1-3-15(19)13(14)10-25-17-9-8-16(20-21-17)11-4-6-12(7-5-11)22(23)24/h1-9H,10H2. The fourth-order valence-electron chi connectivity index (χ4n) is 2.12. The second-order valence-corrected chi connectivity index (χ2v) is 6.45. The Labute approximate surface area is 152 Å². The van der Waals surface area contributed by atoms with Crippen LogP contribution in [0.1, 0.15) is 5.56 Å². The van der Waals surface area contributed by atoms with Gasteiger partial charge in [-0.15, -0.1) is 10.2 Å². The van der Waals surface area contributed by atoms with Crippen LogP contribution in [-0.4, -0.2) is 15.1 Å². The Morgan fingerprint density at radius 2 is 1.84 bits per heavy atom. The van der Waals surface area contributed by atoms with Gasteiger partial charge in [0.15, 0.2) is 0 Å². The summed E-state index contributed by atoms with van der Waals surface area (Å²) in [6.07, 6.45) is 0. The highest BCUT2D eigenvalue weighted by atomic mass is 35.5. The number of nitrogens with zero attached hydrogens (tertiary/aromatic N) is 3. The Hall–Kier alpha value is -2.51. The van der Waals surface area contributed by atoms with Crippen LogP contribution in [0.4, 0.5) is 10.1 Å². The van der Waals surface area contributed by atoms with Gasteiger partial charge in [0, 0.05) is 34.0 Å². The molecule has 3 aromatic rings. The molecule has 0 saturated carbocycles. The van der Waals surface area contributed by atoms with Gasteiger partial charge in [-0.1, -0.05) is 29.4 Å². The van der Waals surface area contributed by atoms with Crippen LogP contribution in [0.15, 0.2) is 59.6 Å².